The molecule has 3 saturated carbocycles. The molecule has 0 amide bonds. The largest absolute Gasteiger partial charge is 0.378 e. The van der Waals surface area contributed by atoms with Gasteiger partial charge in [-0.25, -0.2) is 0 Å². The van der Waals surface area contributed by atoms with Crippen LogP contribution in [0.5, 0.6) is 0 Å². The molecule has 19 heavy (non-hydrogen) atoms. The second-order valence-electron chi connectivity index (χ2n) is 7.11. The molecular formula is C17H31NO. The van der Waals surface area contributed by atoms with Crippen LogP contribution >= 0.6 is 0 Å². The van der Waals surface area contributed by atoms with E-state index in [1.807, 2.05) is 0 Å². The summed E-state index contributed by atoms with van der Waals surface area (Å²) in [5.74, 6) is 1.01. The van der Waals surface area contributed by atoms with Crippen LogP contribution in [0.3, 0.4) is 0 Å². The Bertz CT molecular complexity index is 292. The van der Waals surface area contributed by atoms with Crippen LogP contribution in [0.15, 0.2) is 0 Å². The Morgan fingerprint density at radius 3 is 2.37 bits per heavy atom. The van der Waals surface area contributed by atoms with E-state index in [0.29, 0.717) is 11.5 Å². The van der Waals surface area contributed by atoms with Gasteiger partial charge in [-0.05, 0) is 57.8 Å². The van der Waals surface area contributed by atoms with Gasteiger partial charge in [-0.3, -0.25) is 0 Å². The van der Waals surface area contributed by atoms with Gasteiger partial charge < -0.3 is 10.1 Å². The highest BCUT2D eigenvalue weighted by Crippen LogP contribution is 2.57. The summed E-state index contributed by atoms with van der Waals surface area (Å²) in [4.78, 5) is 0. The molecule has 2 unspecified atom stereocenters. The molecule has 3 fully saturated rings. The second-order valence-corrected chi connectivity index (χ2v) is 7.11. The van der Waals surface area contributed by atoms with E-state index in [1.165, 1.54) is 57.8 Å². The van der Waals surface area contributed by atoms with Crippen LogP contribution in [0.1, 0.15) is 71.6 Å². The molecule has 0 heterocycles. The zero-order valence-corrected chi connectivity index (χ0v) is 12.8. The zero-order valence-electron chi connectivity index (χ0n) is 12.8. The molecular weight excluding hydrogens is 234 g/mol. The molecule has 2 heteroatoms. The van der Waals surface area contributed by atoms with E-state index in [-0.39, 0.29) is 0 Å². The van der Waals surface area contributed by atoms with Crippen LogP contribution < -0.4 is 5.32 Å². The zero-order chi connectivity index (χ0) is 13.3. The van der Waals surface area contributed by atoms with Crippen molar-refractivity contribution < 1.29 is 4.74 Å². The van der Waals surface area contributed by atoms with Gasteiger partial charge in [0.2, 0.25) is 0 Å². The molecule has 0 radical (unpaired) electrons. The van der Waals surface area contributed by atoms with Crippen LogP contribution in [0, 0.1) is 11.3 Å². The number of ether oxygens (including phenoxy) is 1. The van der Waals surface area contributed by atoms with Gasteiger partial charge in [0.1, 0.15) is 0 Å². The Balaban J connectivity index is 1.49. The van der Waals surface area contributed by atoms with Gasteiger partial charge in [-0.1, -0.05) is 19.8 Å². The molecule has 2 nitrogen and oxygen atoms in total. The van der Waals surface area contributed by atoms with Crippen LogP contribution in [-0.4, -0.2) is 24.8 Å². The lowest BCUT2D eigenvalue weighted by molar-refractivity contribution is -0.175. The summed E-state index contributed by atoms with van der Waals surface area (Å²) in [5.41, 5.74) is 0.539. The van der Waals surface area contributed by atoms with Crippen molar-refractivity contribution in [3.8, 4) is 0 Å². The highest BCUT2D eigenvalue weighted by Gasteiger charge is 2.58. The van der Waals surface area contributed by atoms with Gasteiger partial charge in [0.15, 0.2) is 0 Å². The highest BCUT2D eigenvalue weighted by atomic mass is 16.5. The minimum absolute atomic E-state index is 0.539. The Morgan fingerprint density at radius 1 is 1.11 bits per heavy atom. The number of nitrogens with one attached hydrogen (secondary N) is 1. The summed E-state index contributed by atoms with van der Waals surface area (Å²) in [6, 6.07) is 1.56. The van der Waals surface area contributed by atoms with Crippen molar-refractivity contribution >= 4 is 0 Å². The van der Waals surface area contributed by atoms with E-state index in [9.17, 15) is 0 Å². The molecule has 0 aromatic carbocycles. The van der Waals surface area contributed by atoms with E-state index in [2.05, 4.69) is 19.2 Å². The van der Waals surface area contributed by atoms with E-state index < -0.39 is 0 Å². The van der Waals surface area contributed by atoms with Crippen LogP contribution in [-0.2, 0) is 4.74 Å². The minimum Gasteiger partial charge on any atom is -0.378 e. The Morgan fingerprint density at radius 2 is 1.84 bits per heavy atom. The number of hydrogen-bond donors (Lipinski definition) is 1. The molecule has 0 aromatic rings. The monoisotopic (exact) mass is 265 g/mol. The van der Waals surface area contributed by atoms with Gasteiger partial charge in [-0.2, -0.15) is 0 Å². The predicted molar refractivity (Wildman–Crippen MR) is 79.3 cm³/mol. The summed E-state index contributed by atoms with van der Waals surface area (Å²) in [6.07, 6.45) is 13.1. The summed E-state index contributed by atoms with van der Waals surface area (Å²) in [5, 5.41) is 4.00. The van der Waals surface area contributed by atoms with Crippen molar-refractivity contribution in [3.05, 3.63) is 0 Å². The number of rotatable bonds is 5. The molecule has 0 aliphatic heterocycles. The van der Waals surface area contributed by atoms with Crippen LogP contribution in [0.25, 0.3) is 0 Å². The first-order valence-corrected chi connectivity index (χ1v) is 8.66. The maximum atomic E-state index is 5.95. The van der Waals surface area contributed by atoms with Gasteiger partial charge >= 0.3 is 0 Å². The molecule has 0 aromatic heterocycles. The summed E-state index contributed by atoms with van der Waals surface area (Å²) < 4.78 is 5.95. The fourth-order valence-corrected chi connectivity index (χ4v) is 4.69. The third-order valence-corrected chi connectivity index (χ3v) is 6.30. The molecule has 3 aliphatic rings. The maximum absolute atomic E-state index is 5.95. The van der Waals surface area contributed by atoms with Crippen LogP contribution in [0.4, 0.5) is 0 Å². The van der Waals surface area contributed by atoms with E-state index in [1.54, 1.807) is 0 Å². The van der Waals surface area contributed by atoms with Gasteiger partial charge in [0.25, 0.3) is 0 Å². The summed E-state index contributed by atoms with van der Waals surface area (Å²) in [6.45, 7) is 5.38. The summed E-state index contributed by atoms with van der Waals surface area (Å²) in [7, 11) is 0. The average Bonchev–Trinajstić information content (AvgIpc) is 2.36. The second kappa shape index (κ2) is 5.73. The van der Waals surface area contributed by atoms with Crippen molar-refractivity contribution in [2.45, 2.75) is 89.8 Å². The molecule has 0 saturated heterocycles. The third-order valence-electron chi connectivity index (χ3n) is 6.30. The van der Waals surface area contributed by atoms with Crippen molar-refractivity contribution in [2.75, 3.05) is 6.61 Å². The minimum atomic E-state index is 0.539. The Hall–Kier alpha value is -0.0800. The van der Waals surface area contributed by atoms with Crippen molar-refractivity contribution in [3.63, 3.8) is 0 Å². The predicted octanol–water partition coefficient (Wildman–Crippen LogP) is 3.89. The van der Waals surface area contributed by atoms with E-state index >= 15 is 0 Å². The molecule has 1 N–H and O–H groups in total. The Kier molecular flexibility index (Phi) is 4.19. The molecule has 0 bridgehead atoms. The van der Waals surface area contributed by atoms with Crippen molar-refractivity contribution in [1.82, 2.24) is 5.32 Å². The normalized spacial score (nSPS) is 40.7. The molecule has 110 valence electrons. The lowest BCUT2D eigenvalue weighted by atomic mass is 9.50. The Labute approximate surface area is 118 Å². The van der Waals surface area contributed by atoms with E-state index in [0.717, 1.165) is 24.6 Å². The SMILES string of the molecule is CCOC1CC(NC2CCC(CC)CC2)C12CCC2. The maximum Gasteiger partial charge on any atom is 0.0661 e. The van der Waals surface area contributed by atoms with Crippen molar-refractivity contribution in [2.24, 2.45) is 11.3 Å². The molecule has 3 aliphatic carbocycles. The fraction of sp³-hybridized carbons (Fsp3) is 1.00. The molecule has 1 spiro atoms. The number of hydrogen-bond acceptors (Lipinski definition) is 2. The fourth-order valence-electron chi connectivity index (χ4n) is 4.69. The van der Waals surface area contributed by atoms with Gasteiger partial charge in [0.05, 0.1) is 6.10 Å². The first kappa shape index (κ1) is 13.9. The topological polar surface area (TPSA) is 21.3 Å². The first-order valence-electron chi connectivity index (χ1n) is 8.66. The van der Waals surface area contributed by atoms with Crippen LogP contribution in [0.2, 0.25) is 0 Å². The van der Waals surface area contributed by atoms with Gasteiger partial charge in [-0.15, -0.1) is 0 Å². The quantitative estimate of drug-likeness (QED) is 0.814. The third kappa shape index (κ3) is 2.47. The molecule has 2 atom stereocenters. The van der Waals surface area contributed by atoms with E-state index in [4.69, 9.17) is 4.74 Å². The van der Waals surface area contributed by atoms with Crippen molar-refractivity contribution in [1.29, 1.82) is 0 Å². The smallest absolute Gasteiger partial charge is 0.0661 e. The highest BCUT2D eigenvalue weighted by molar-refractivity contribution is 5.12. The standard InChI is InChI=1S/C17H31NO/c1-3-13-6-8-14(9-7-13)18-15-12-16(19-4-2)17(15)10-5-11-17/h13-16,18H,3-12H2,1-2H3. The lowest BCUT2D eigenvalue weighted by Gasteiger charge is -2.62. The molecule has 3 rings (SSSR count). The average molecular weight is 265 g/mol. The lowest BCUT2D eigenvalue weighted by Crippen LogP contribution is -2.68. The van der Waals surface area contributed by atoms with Gasteiger partial charge in [0, 0.05) is 24.1 Å². The first-order chi connectivity index (χ1) is 9.28. The summed E-state index contributed by atoms with van der Waals surface area (Å²) >= 11 is 0.